The van der Waals surface area contributed by atoms with Crippen molar-refractivity contribution in [3.63, 3.8) is 0 Å². The van der Waals surface area contributed by atoms with E-state index < -0.39 is 0 Å². The zero-order valence-corrected chi connectivity index (χ0v) is 7.42. The molecule has 1 aliphatic rings. The smallest absolute Gasteiger partial charge is 0.341 e. The Kier molecular flexibility index (Phi) is 2.06. The Balaban J connectivity index is 2.36. The van der Waals surface area contributed by atoms with Gasteiger partial charge in [0, 0.05) is 5.56 Å². The predicted molar refractivity (Wildman–Crippen MR) is 45.5 cm³/mol. The number of esters is 1. The Labute approximate surface area is 75.9 Å². The highest BCUT2D eigenvalue weighted by molar-refractivity contribution is 5.91. The van der Waals surface area contributed by atoms with Gasteiger partial charge in [0.2, 0.25) is 0 Å². The summed E-state index contributed by atoms with van der Waals surface area (Å²) in [6.45, 7) is 1.59. The van der Waals surface area contributed by atoms with Crippen LogP contribution in [-0.2, 0) is 17.7 Å². The SMILES string of the molecule is COC(=O)c1coc2c1CCNC2. The summed E-state index contributed by atoms with van der Waals surface area (Å²) in [5.74, 6) is 0.540. The summed E-state index contributed by atoms with van der Waals surface area (Å²) in [7, 11) is 1.38. The molecule has 0 fully saturated rings. The van der Waals surface area contributed by atoms with Crippen molar-refractivity contribution in [1.29, 1.82) is 0 Å². The third kappa shape index (κ3) is 1.33. The normalized spacial score (nSPS) is 15.2. The number of hydrogen-bond acceptors (Lipinski definition) is 4. The van der Waals surface area contributed by atoms with Gasteiger partial charge in [-0.2, -0.15) is 0 Å². The number of furan rings is 1. The van der Waals surface area contributed by atoms with Gasteiger partial charge in [-0.3, -0.25) is 0 Å². The topological polar surface area (TPSA) is 51.5 Å². The maximum absolute atomic E-state index is 11.2. The van der Waals surface area contributed by atoms with Gasteiger partial charge in [0.1, 0.15) is 17.6 Å². The van der Waals surface area contributed by atoms with E-state index in [2.05, 4.69) is 10.1 Å². The fourth-order valence-corrected chi connectivity index (χ4v) is 1.54. The van der Waals surface area contributed by atoms with Crippen molar-refractivity contribution in [3.8, 4) is 0 Å². The van der Waals surface area contributed by atoms with Crippen molar-refractivity contribution < 1.29 is 13.9 Å². The standard InChI is InChI=1S/C9H11NO3/c1-12-9(11)7-5-13-8-4-10-3-2-6(7)8/h5,10H,2-4H2,1H3. The third-order valence-electron chi connectivity index (χ3n) is 2.22. The van der Waals surface area contributed by atoms with E-state index in [-0.39, 0.29) is 5.97 Å². The van der Waals surface area contributed by atoms with Crippen LogP contribution in [-0.4, -0.2) is 19.6 Å². The van der Waals surface area contributed by atoms with Gasteiger partial charge in [-0.15, -0.1) is 0 Å². The van der Waals surface area contributed by atoms with E-state index in [0.717, 1.165) is 24.3 Å². The van der Waals surface area contributed by atoms with Gasteiger partial charge >= 0.3 is 5.97 Å². The van der Waals surface area contributed by atoms with Crippen LogP contribution in [0.25, 0.3) is 0 Å². The Morgan fingerprint density at radius 2 is 2.54 bits per heavy atom. The van der Waals surface area contributed by atoms with Crippen LogP contribution >= 0.6 is 0 Å². The van der Waals surface area contributed by atoms with Crippen molar-refractivity contribution in [1.82, 2.24) is 5.32 Å². The monoisotopic (exact) mass is 181 g/mol. The quantitative estimate of drug-likeness (QED) is 0.648. The highest BCUT2D eigenvalue weighted by Crippen LogP contribution is 2.21. The number of methoxy groups -OCH3 is 1. The predicted octanol–water partition coefficient (Wildman–Crippen LogP) is 0.712. The summed E-state index contributed by atoms with van der Waals surface area (Å²) in [5, 5.41) is 3.17. The minimum Gasteiger partial charge on any atom is -0.467 e. The van der Waals surface area contributed by atoms with Gasteiger partial charge in [0.15, 0.2) is 0 Å². The van der Waals surface area contributed by atoms with E-state index in [1.165, 1.54) is 13.4 Å². The molecule has 4 heteroatoms. The van der Waals surface area contributed by atoms with Crippen molar-refractivity contribution in [3.05, 3.63) is 23.2 Å². The maximum atomic E-state index is 11.2. The molecule has 0 bridgehead atoms. The van der Waals surface area contributed by atoms with E-state index in [9.17, 15) is 4.79 Å². The van der Waals surface area contributed by atoms with E-state index in [1.807, 2.05) is 0 Å². The van der Waals surface area contributed by atoms with Crippen LogP contribution in [0.1, 0.15) is 21.7 Å². The van der Waals surface area contributed by atoms with E-state index in [1.54, 1.807) is 0 Å². The molecule has 0 saturated heterocycles. The lowest BCUT2D eigenvalue weighted by atomic mass is 10.0. The van der Waals surface area contributed by atoms with Crippen LogP contribution in [0.15, 0.2) is 10.7 Å². The van der Waals surface area contributed by atoms with Crippen LogP contribution in [0, 0.1) is 0 Å². The number of carbonyl (C=O) groups excluding carboxylic acids is 1. The molecule has 0 aromatic carbocycles. The molecule has 70 valence electrons. The molecule has 0 aliphatic carbocycles. The van der Waals surface area contributed by atoms with E-state index >= 15 is 0 Å². The summed E-state index contributed by atoms with van der Waals surface area (Å²) in [6.07, 6.45) is 2.31. The molecule has 2 rings (SSSR count). The Morgan fingerprint density at radius 1 is 1.69 bits per heavy atom. The lowest BCUT2D eigenvalue weighted by Crippen LogP contribution is -2.23. The zero-order chi connectivity index (χ0) is 9.26. The number of rotatable bonds is 1. The summed E-state index contributed by atoms with van der Waals surface area (Å²) >= 11 is 0. The van der Waals surface area contributed by atoms with Gasteiger partial charge in [0.25, 0.3) is 0 Å². The summed E-state index contributed by atoms with van der Waals surface area (Å²) in [6, 6.07) is 0. The van der Waals surface area contributed by atoms with Crippen LogP contribution in [0.4, 0.5) is 0 Å². The minimum atomic E-state index is -0.313. The van der Waals surface area contributed by atoms with Gasteiger partial charge in [-0.1, -0.05) is 0 Å². The molecule has 2 heterocycles. The number of fused-ring (bicyclic) bond motifs is 1. The first-order valence-corrected chi connectivity index (χ1v) is 4.21. The van der Waals surface area contributed by atoms with E-state index in [0.29, 0.717) is 12.1 Å². The first kappa shape index (κ1) is 8.31. The average molecular weight is 181 g/mol. The molecule has 0 saturated carbocycles. The molecular weight excluding hydrogens is 170 g/mol. The van der Waals surface area contributed by atoms with Crippen LogP contribution in [0.2, 0.25) is 0 Å². The van der Waals surface area contributed by atoms with Crippen molar-refractivity contribution >= 4 is 5.97 Å². The molecule has 0 unspecified atom stereocenters. The van der Waals surface area contributed by atoms with Gasteiger partial charge in [0.05, 0.1) is 13.7 Å². The fourth-order valence-electron chi connectivity index (χ4n) is 1.54. The van der Waals surface area contributed by atoms with Gasteiger partial charge in [-0.25, -0.2) is 4.79 Å². The number of carbonyl (C=O) groups is 1. The lowest BCUT2D eigenvalue weighted by molar-refractivity contribution is 0.0599. The summed E-state index contributed by atoms with van der Waals surface area (Å²) < 4.78 is 9.89. The Bertz CT molecular complexity index is 330. The number of nitrogens with one attached hydrogen (secondary N) is 1. The number of ether oxygens (including phenoxy) is 1. The molecule has 1 N–H and O–H groups in total. The highest BCUT2D eigenvalue weighted by atomic mass is 16.5. The molecule has 0 radical (unpaired) electrons. The molecular formula is C9H11NO3. The van der Waals surface area contributed by atoms with Crippen LogP contribution < -0.4 is 5.32 Å². The van der Waals surface area contributed by atoms with E-state index in [4.69, 9.17) is 4.42 Å². The van der Waals surface area contributed by atoms with Crippen LogP contribution in [0.3, 0.4) is 0 Å². The molecule has 4 nitrogen and oxygen atoms in total. The molecule has 13 heavy (non-hydrogen) atoms. The first-order valence-electron chi connectivity index (χ1n) is 4.21. The van der Waals surface area contributed by atoms with Crippen LogP contribution in [0.5, 0.6) is 0 Å². The minimum absolute atomic E-state index is 0.313. The second kappa shape index (κ2) is 3.22. The molecule has 0 spiro atoms. The third-order valence-corrected chi connectivity index (χ3v) is 2.22. The molecule has 1 aromatic rings. The van der Waals surface area contributed by atoms with Crippen molar-refractivity contribution in [2.45, 2.75) is 13.0 Å². The number of hydrogen-bond donors (Lipinski definition) is 1. The highest BCUT2D eigenvalue weighted by Gasteiger charge is 2.21. The molecule has 0 atom stereocenters. The second-order valence-electron chi connectivity index (χ2n) is 2.97. The maximum Gasteiger partial charge on any atom is 0.341 e. The van der Waals surface area contributed by atoms with Crippen molar-refractivity contribution in [2.24, 2.45) is 0 Å². The fraction of sp³-hybridized carbons (Fsp3) is 0.444. The second-order valence-corrected chi connectivity index (χ2v) is 2.97. The molecule has 1 aliphatic heterocycles. The van der Waals surface area contributed by atoms with Gasteiger partial charge < -0.3 is 14.5 Å². The van der Waals surface area contributed by atoms with Crippen molar-refractivity contribution in [2.75, 3.05) is 13.7 Å². The average Bonchev–Trinajstić information content (AvgIpc) is 2.60. The zero-order valence-electron chi connectivity index (χ0n) is 7.42. The Morgan fingerprint density at radius 3 is 3.31 bits per heavy atom. The summed E-state index contributed by atoms with van der Waals surface area (Å²) in [5.41, 5.74) is 1.56. The first-order chi connectivity index (χ1) is 6.33. The molecule has 1 aromatic heterocycles. The largest absolute Gasteiger partial charge is 0.467 e. The van der Waals surface area contributed by atoms with Gasteiger partial charge in [-0.05, 0) is 13.0 Å². The molecule has 0 amide bonds. The Hall–Kier alpha value is -1.29. The lowest BCUT2D eigenvalue weighted by Gasteiger charge is -2.11. The summed E-state index contributed by atoms with van der Waals surface area (Å²) in [4.78, 5) is 11.2.